The first-order valence-electron chi connectivity index (χ1n) is 7.53. The monoisotopic (exact) mass is 255 g/mol. The van der Waals surface area contributed by atoms with Gasteiger partial charge in [-0.1, -0.05) is 0 Å². The average Bonchev–Trinajstić information content (AvgIpc) is 2.26. The molecule has 2 N–H and O–H groups in total. The van der Waals surface area contributed by atoms with Gasteiger partial charge in [-0.2, -0.15) is 0 Å². The number of hydrogen-bond acceptors (Lipinski definition) is 3. The molecule has 1 aliphatic heterocycles. The van der Waals surface area contributed by atoms with Gasteiger partial charge in [0.05, 0.1) is 0 Å². The SMILES string of the molecule is CN(CCCC(C)(C)N)CCC1CCN(C)CC1. The fraction of sp³-hybridized carbons (Fsp3) is 1.00. The zero-order chi connectivity index (χ0) is 13.6. The molecule has 1 rings (SSSR count). The molecular weight excluding hydrogens is 222 g/mol. The van der Waals surface area contributed by atoms with Crippen molar-refractivity contribution in [3.8, 4) is 0 Å². The van der Waals surface area contributed by atoms with E-state index in [9.17, 15) is 0 Å². The van der Waals surface area contributed by atoms with Gasteiger partial charge in [0.2, 0.25) is 0 Å². The number of nitrogens with two attached hydrogens (primary N) is 1. The number of nitrogens with zero attached hydrogens (tertiary/aromatic N) is 2. The maximum Gasteiger partial charge on any atom is 0.00975 e. The molecule has 1 aliphatic rings. The van der Waals surface area contributed by atoms with Crippen LogP contribution in [0.1, 0.15) is 46.0 Å². The van der Waals surface area contributed by atoms with Gasteiger partial charge in [0.1, 0.15) is 0 Å². The fourth-order valence-corrected chi connectivity index (χ4v) is 2.67. The molecule has 0 aromatic heterocycles. The van der Waals surface area contributed by atoms with E-state index in [1.165, 1.54) is 51.9 Å². The van der Waals surface area contributed by atoms with Crippen molar-refractivity contribution >= 4 is 0 Å². The molecule has 0 aromatic carbocycles. The molecule has 0 aliphatic carbocycles. The van der Waals surface area contributed by atoms with Crippen molar-refractivity contribution in [1.82, 2.24) is 9.80 Å². The molecule has 0 amide bonds. The molecule has 1 fully saturated rings. The zero-order valence-corrected chi connectivity index (χ0v) is 12.9. The van der Waals surface area contributed by atoms with Crippen molar-refractivity contribution in [2.24, 2.45) is 11.7 Å². The van der Waals surface area contributed by atoms with Crippen molar-refractivity contribution in [3.05, 3.63) is 0 Å². The summed E-state index contributed by atoms with van der Waals surface area (Å²) in [6.45, 7) is 9.25. The van der Waals surface area contributed by atoms with Crippen LogP contribution in [0.4, 0.5) is 0 Å². The minimum Gasteiger partial charge on any atom is -0.326 e. The highest BCUT2D eigenvalue weighted by atomic mass is 15.1. The first-order valence-corrected chi connectivity index (χ1v) is 7.53. The predicted octanol–water partition coefficient (Wildman–Crippen LogP) is 2.17. The van der Waals surface area contributed by atoms with Gasteiger partial charge in [0, 0.05) is 5.54 Å². The van der Waals surface area contributed by atoms with Crippen molar-refractivity contribution in [2.45, 2.75) is 51.5 Å². The second kappa shape index (κ2) is 7.46. The topological polar surface area (TPSA) is 32.5 Å². The predicted molar refractivity (Wildman–Crippen MR) is 79.8 cm³/mol. The van der Waals surface area contributed by atoms with Gasteiger partial charge in [-0.3, -0.25) is 0 Å². The van der Waals surface area contributed by atoms with E-state index in [-0.39, 0.29) is 5.54 Å². The van der Waals surface area contributed by atoms with E-state index in [4.69, 9.17) is 5.73 Å². The Kier molecular flexibility index (Phi) is 6.61. The molecule has 0 unspecified atom stereocenters. The quantitative estimate of drug-likeness (QED) is 0.757. The molecule has 0 bridgehead atoms. The van der Waals surface area contributed by atoms with E-state index >= 15 is 0 Å². The molecule has 1 heterocycles. The number of likely N-dealkylation sites (tertiary alicyclic amines) is 1. The van der Waals surface area contributed by atoms with E-state index in [1.807, 2.05) is 0 Å². The van der Waals surface area contributed by atoms with Crippen molar-refractivity contribution < 1.29 is 0 Å². The fourth-order valence-electron chi connectivity index (χ4n) is 2.67. The Morgan fingerprint density at radius 3 is 2.39 bits per heavy atom. The van der Waals surface area contributed by atoms with E-state index in [0.717, 1.165) is 12.3 Å². The first-order chi connectivity index (χ1) is 8.37. The van der Waals surface area contributed by atoms with Gasteiger partial charge in [-0.15, -0.1) is 0 Å². The van der Waals surface area contributed by atoms with E-state index < -0.39 is 0 Å². The molecule has 108 valence electrons. The maximum absolute atomic E-state index is 6.00. The molecule has 0 atom stereocenters. The smallest absolute Gasteiger partial charge is 0.00975 e. The Bertz CT molecular complexity index is 214. The summed E-state index contributed by atoms with van der Waals surface area (Å²) in [5.74, 6) is 0.953. The lowest BCUT2D eigenvalue weighted by molar-refractivity contribution is 0.194. The molecule has 1 saturated heterocycles. The molecule has 0 aromatic rings. The molecule has 0 spiro atoms. The third kappa shape index (κ3) is 7.34. The van der Waals surface area contributed by atoms with Crippen molar-refractivity contribution in [2.75, 3.05) is 40.3 Å². The van der Waals surface area contributed by atoms with Gasteiger partial charge in [0.15, 0.2) is 0 Å². The summed E-state index contributed by atoms with van der Waals surface area (Å²) >= 11 is 0. The minimum atomic E-state index is -0.00516. The van der Waals surface area contributed by atoms with Crippen LogP contribution in [0.3, 0.4) is 0 Å². The Labute approximate surface area is 114 Å². The van der Waals surface area contributed by atoms with Crippen LogP contribution < -0.4 is 5.73 Å². The summed E-state index contributed by atoms with van der Waals surface area (Å²) in [5, 5.41) is 0. The third-order valence-corrected chi connectivity index (χ3v) is 4.12. The molecule has 18 heavy (non-hydrogen) atoms. The van der Waals surface area contributed by atoms with Gasteiger partial charge in [-0.25, -0.2) is 0 Å². The van der Waals surface area contributed by atoms with Crippen LogP contribution in [0, 0.1) is 5.92 Å². The summed E-state index contributed by atoms with van der Waals surface area (Å²) in [5.41, 5.74) is 6.00. The third-order valence-electron chi connectivity index (χ3n) is 4.12. The Morgan fingerprint density at radius 1 is 1.22 bits per heavy atom. The van der Waals surface area contributed by atoms with Crippen LogP contribution in [0.5, 0.6) is 0 Å². The summed E-state index contributed by atoms with van der Waals surface area (Å²) in [4.78, 5) is 4.92. The van der Waals surface area contributed by atoms with E-state index in [1.54, 1.807) is 0 Å². The van der Waals surface area contributed by atoms with Gasteiger partial charge >= 0.3 is 0 Å². The lowest BCUT2D eigenvalue weighted by atomic mass is 9.93. The van der Waals surface area contributed by atoms with Crippen LogP contribution in [0.2, 0.25) is 0 Å². The molecule has 0 radical (unpaired) electrons. The molecule has 0 saturated carbocycles. The zero-order valence-electron chi connectivity index (χ0n) is 12.9. The highest BCUT2D eigenvalue weighted by Gasteiger charge is 2.17. The van der Waals surface area contributed by atoms with Crippen LogP contribution in [-0.4, -0.2) is 55.6 Å². The summed E-state index contributed by atoms with van der Waals surface area (Å²) in [6, 6.07) is 0. The maximum atomic E-state index is 6.00. The lowest BCUT2D eigenvalue weighted by Crippen LogP contribution is -2.34. The van der Waals surface area contributed by atoms with Crippen LogP contribution >= 0.6 is 0 Å². The normalized spacial score (nSPS) is 19.7. The Hall–Kier alpha value is -0.120. The number of piperidine rings is 1. The number of hydrogen-bond donors (Lipinski definition) is 1. The van der Waals surface area contributed by atoms with Crippen LogP contribution in [-0.2, 0) is 0 Å². The van der Waals surface area contributed by atoms with E-state index in [0.29, 0.717) is 0 Å². The van der Waals surface area contributed by atoms with Gasteiger partial charge in [0.25, 0.3) is 0 Å². The summed E-state index contributed by atoms with van der Waals surface area (Å²) < 4.78 is 0. The molecule has 3 heteroatoms. The van der Waals surface area contributed by atoms with Crippen molar-refractivity contribution in [1.29, 1.82) is 0 Å². The summed E-state index contributed by atoms with van der Waals surface area (Å²) in [7, 11) is 4.48. The molecule has 3 nitrogen and oxygen atoms in total. The minimum absolute atomic E-state index is 0.00516. The van der Waals surface area contributed by atoms with E-state index in [2.05, 4.69) is 37.7 Å². The lowest BCUT2D eigenvalue weighted by Gasteiger charge is -2.30. The van der Waals surface area contributed by atoms with Gasteiger partial charge in [-0.05, 0) is 92.1 Å². The highest BCUT2D eigenvalue weighted by Crippen LogP contribution is 2.19. The standard InChI is InChI=1S/C15H33N3/c1-15(2,16)9-5-10-17(3)11-6-14-7-12-18(4)13-8-14/h14H,5-13,16H2,1-4H3. The van der Waals surface area contributed by atoms with Crippen LogP contribution in [0.25, 0.3) is 0 Å². The average molecular weight is 255 g/mol. The Morgan fingerprint density at radius 2 is 1.83 bits per heavy atom. The highest BCUT2D eigenvalue weighted by molar-refractivity contribution is 4.73. The second-order valence-electron chi connectivity index (χ2n) is 6.93. The second-order valence-corrected chi connectivity index (χ2v) is 6.93. The number of rotatable bonds is 7. The largest absolute Gasteiger partial charge is 0.326 e. The molecular formula is C15H33N3. The Balaban J connectivity index is 2.04. The van der Waals surface area contributed by atoms with Gasteiger partial charge < -0.3 is 15.5 Å². The summed E-state index contributed by atoms with van der Waals surface area (Å²) in [6.07, 6.45) is 6.48. The first kappa shape index (κ1) is 15.9. The van der Waals surface area contributed by atoms with Crippen molar-refractivity contribution in [3.63, 3.8) is 0 Å². The van der Waals surface area contributed by atoms with Crippen LogP contribution in [0.15, 0.2) is 0 Å².